The number of nitrogens with zero attached hydrogens (tertiary/aromatic N) is 2. The molecule has 16 heavy (non-hydrogen) atoms. The molecule has 1 aromatic carbocycles. The van der Waals surface area contributed by atoms with Crippen molar-refractivity contribution in [3.8, 4) is 0 Å². The summed E-state index contributed by atoms with van der Waals surface area (Å²) in [6.45, 7) is 2.91. The number of aromatic nitrogens is 2. The summed E-state index contributed by atoms with van der Waals surface area (Å²) in [5.41, 5.74) is 10.6. The molecule has 0 unspecified atom stereocenters. The molecule has 82 valence electrons. The Bertz CT molecular complexity index is 490. The first-order valence-electron chi connectivity index (χ1n) is 5.38. The summed E-state index contributed by atoms with van der Waals surface area (Å²) in [5.74, 6) is 0. The highest BCUT2D eigenvalue weighted by Gasteiger charge is 2.18. The zero-order valence-electron chi connectivity index (χ0n) is 8.98. The van der Waals surface area contributed by atoms with Gasteiger partial charge in [0, 0.05) is 37.1 Å². The fraction of sp³-hybridized carbons (Fsp3) is 0.250. The smallest absolute Gasteiger partial charge is 0.0532 e. The van der Waals surface area contributed by atoms with Crippen LogP contribution in [-0.2, 0) is 19.6 Å². The number of hydrogen-bond donors (Lipinski definition) is 2. The molecule has 0 atom stereocenters. The van der Waals surface area contributed by atoms with Crippen LogP contribution in [0.15, 0.2) is 30.6 Å². The predicted molar refractivity (Wildman–Crippen MR) is 62.4 cm³/mol. The van der Waals surface area contributed by atoms with Crippen molar-refractivity contribution in [3.05, 3.63) is 47.3 Å². The third kappa shape index (κ3) is 1.67. The number of fused-ring (bicyclic) bond motifs is 1. The first-order valence-corrected chi connectivity index (χ1v) is 5.38. The van der Waals surface area contributed by atoms with Crippen molar-refractivity contribution in [2.45, 2.75) is 19.6 Å². The number of H-pyrrole nitrogens is 1. The van der Waals surface area contributed by atoms with Crippen molar-refractivity contribution in [1.29, 1.82) is 0 Å². The van der Waals surface area contributed by atoms with Gasteiger partial charge in [-0.3, -0.25) is 10.00 Å². The molecule has 0 bridgehead atoms. The largest absolute Gasteiger partial charge is 0.399 e. The number of aromatic amines is 1. The van der Waals surface area contributed by atoms with Crippen molar-refractivity contribution in [1.82, 2.24) is 15.1 Å². The zero-order valence-corrected chi connectivity index (χ0v) is 8.98. The van der Waals surface area contributed by atoms with Gasteiger partial charge in [0.15, 0.2) is 0 Å². The monoisotopic (exact) mass is 214 g/mol. The average Bonchev–Trinajstić information content (AvgIpc) is 2.86. The molecule has 0 radical (unpaired) electrons. The first kappa shape index (κ1) is 9.42. The molecule has 3 rings (SSSR count). The molecular formula is C12H14N4. The molecule has 1 aliphatic rings. The predicted octanol–water partition coefficient (Wildman–Crippen LogP) is 1.51. The molecular weight excluding hydrogens is 200 g/mol. The van der Waals surface area contributed by atoms with E-state index in [1.54, 1.807) is 0 Å². The number of benzene rings is 1. The lowest BCUT2D eigenvalue weighted by Gasteiger charge is -2.12. The van der Waals surface area contributed by atoms with Crippen LogP contribution in [-0.4, -0.2) is 15.1 Å². The summed E-state index contributed by atoms with van der Waals surface area (Å²) in [6, 6.07) is 6.17. The summed E-state index contributed by atoms with van der Waals surface area (Å²) in [7, 11) is 0. The second kappa shape index (κ2) is 3.64. The third-order valence-electron chi connectivity index (χ3n) is 2.98. The Morgan fingerprint density at radius 1 is 1.31 bits per heavy atom. The molecule has 0 fully saturated rings. The highest BCUT2D eigenvalue weighted by molar-refractivity contribution is 5.46. The summed E-state index contributed by atoms with van der Waals surface area (Å²) in [6.07, 6.45) is 3.81. The van der Waals surface area contributed by atoms with Gasteiger partial charge in [-0.2, -0.15) is 5.10 Å². The molecule has 1 aromatic heterocycles. The number of rotatable bonds is 2. The Morgan fingerprint density at radius 3 is 3.00 bits per heavy atom. The number of nitrogens with one attached hydrogen (secondary N) is 1. The van der Waals surface area contributed by atoms with Gasteiger partial charge < -0.3 is 5.73 Å². The van der Waals surface area contributed by atoms with Gasteiger partial charge in [0.2, 0.25) is 0 Å². The van der Waals surface area contributed by atoms with E-state index in [1.165, 1.54) is 16.7 Å². The lowest BCUT2D eigenvalue weighted by molar-refractivity contribution is 0.275. The standard InChI is InChI=1S/C12H14N4/c13-12-2-1-10-7-16(8-11(10)3-12)6-9-4-14-15-5-9/h1-5H,6-8,13H2,(H,14,15). The summed E-state index contributed by atoms with van der Waals surface area (Å²) >= 11 is 0. The van der Waals surface area contributed by atoms with Crippen LogP contribution in [0.3, 0.4) is 0 Å². The SMILES string of the molecule is Nc1ccc2c(c1)CN(Cc1cn[nH]c1)C2. The highest BCUT2D eigenvalue weighted by atomic mass is 15.2. The normalized spacial score (nSPS) is 15.2. The molecule has 4 nitrogen and oxygen atoms in total. The van der Waals surface area contributed by atoms with E-state index < -0.39 is 0 Å². The van der Waals surface area contributed by atoms with E-state index in [-0.39, 0.29) is 0 Å². The number of anilines is 1. The average molecular weight is 214 g/mol. The molecule has 0 aliphatic carbocycles. The molecule has 4 heteroatoms. The van der Waals surface area contributed by atoms with Crippen LogP contribution in [0.25, 0.3) is 0 Å². The summed E-state index contributed by atoms with van der Waals surface area (Å²) in [4.78, 5) is 2.38. The Hall–Kier alpha value is -1.81. The third-order valence-corrected chi connectivity index (χ3v) is 2.98. The van der Waals surface area contributed by atoms with E-state index in [0.717, 1.165) is 25.3 Å². The quantitative estimate of drug-likeness (QED) is 0.745. The van der Waals surface area contributed by atoms with Gasteiger partial charge in [0.25, 0.3) is 0 Å². The van der Waals surface area contributed by atoms with Gasteiger partial charge in [-0.05, 0) is 23.3 Å². The fourth-order valence-corrected chi connectivity index (χ4v) is 2.22. The maximum atomic E-state index is 5.78. The van der Waals surface area contributed by atoms with Crippen LogP contribution in [0.5, 0.6) is 0 Å². The summed E-state index contributed by atoms with van der Waals surface area (Å²) < 4.78 is 0. The van der Waals surface area contributed by atoms with Gasteiger partial charge in [-0.15, -0.1) is 0 Å². The van der Waals surface area contributed by atoms with Crippen molar-refractivity contribution in [2.24, 2.45) is 0 Å². The van der Waals surface area contributed by atoms with Gasteiger partial charge in [-0.25, -0.2) is 0 Å². The molecule has 0 saturated carbocycles. The minimum Gasteiger partial charge on any atom is -0.399 e. The second-order valence-electron chi connectivity index (χ2n) is 4.28. The van der Waals surface area contributed by atoms with Gasteiger partial charge >= 0.3 is 0 Å². The Kier molecular flexibility index (Phi) is 2.15. The van der Waals surface area contributed by atoms with Crippen LogP contribution in [0.2, 0.25) is 0 Å². The van der Waals surface area contributed by atoms with Gasteiger partial charge in [0.1, 0.15) is 0 Å². The topological polar surface area (TPSA) is 57.9 Å². The molecule has 1 aliphatic heterocycles. The Labute approximate surface area is 94.1 Å². The molecule has 0 amide bonds. The zero-order chi connectivity index (χ0) is 11.0. The van der Waals surface area contributed by atoms with E-state index >= 15 is 0 Å². The number of nitrogens with two attached hydrogens (primary N) is 1. The van der Waals surface area contributed by atoms with Gasteiger partial charge in [0.05, 0.1) is 6.20 Å². The van der Waals surface area contributed by atoms with E-state index in [2.05, 4.69) is 27.2 Å². The van der Waals surface area contributed by atoms with Crippen molar-refractivity contribution in [2.75, 3.05) is 5.73 Å². The molecule has 2 aromatic rings. The number of nitrogen functional groups attached to an aromatic ring is 1. The molecule has 2 heterocycles. The van der Waals surface area contributed by atoms with Crippen molar-refractivity contribution >= 4 is 5.69 Å². The summed E-state index contributed by atoms with van der Waals surface area (Å²) in [5, 5.41) is 6.79. The molecule has 0 saturated heterocycles. The Balaban J connectivity index is 1.75. The maximum absolute atomic E-state index is 5.78. The van der Waals surface area contributed by atoms with Crippen molar-refractivity contribution in [3.63, 3.8) is 0 Å². The minimum absolute atomic E-state index is 0.851. The van der Waals surface area contributed by atoms with Crippen LogP contribution in [0.4, 0.5) is 5.69 Å². The Morgan fingerprint density at radius 2 is 2.19 bits per heavy atom. The van der Waals surface area contributed by atoms with E-state index in [1.807, 2.05) is 18.5 Å². The fourth-order valence-electron chi connectivity index (χ4n) is 2.22. The minimum atomic E-state index is 0.851. The van der Waals surface area contributed by atoms with Gasteiger partial charge in [-0.1, -0.05) is 6.07 Å². The van der Waals surface area contributed by atoms with Crippen LogP contribution in [0.1, 0.15) is 16.7 Å². The van der Waals surface area contributed by atoms with Crippen LogP contribution >= 0.6 is 0 Å². The van der Waals surface area contributed by atoms with Crippen LogP contribution in [0, 0.1) is 0 Å². The van der Waals surface area contributed by atoms with Crippen molar-refractivity contribution < 1.29 is 0 Å². The molecule has 3 N–H and O–H groups in total. The lowest BCUT2D eigenvalue weighted by atomic mass is 10.1. The maximum Gasteiger partial charge on any atom is 0.0532 e. The van der Waals surface area contributed by atoms with E-state index in [4.69, 9.17) is 5.73 Å². The number of hydrogen-bond acceptors (Lipinski definition) is 3. The van der Waals surface area contributed by atoms with E-state index in [9.17, 15) is 0 Å². The second-order valence-corrected chi connectivity index (χ2v) is 4.28. The first-order chi connectivity index (χ1) is 7.81. The highest BCUT2D eigenvalue weighted by Crippen LogP contribution is 2.25. The van der Waals surface area contributed by atoms with Crippen LogP contribution < -0.4 is 5.73 Å². The molecule has 0 spiro atoms. The lowest BCUT2D eigenvalue weighted by Crippen LogP contribution is -2.15. The van der Waals surface area contributed by atoms with E-state index in [0.29, 0.717) is 0 Å².